The number of anilines is 1. The Morgan fingerprint density at radius 3 is 3.00 bits per heavy atom. The van der Waals surface area contributed by atoms with Crippen LogP contribution in [-0.2, 0) is 16.0 Å². The lowest BCUT2D eigenvalue weighted by Crippen LogP contribution is -2.24. The van der Waals surface area contributed by atoms with E-state index in [1.807, 2.05) is 5.38 Å². The minimum absolute atomic E-state index is 0.230. The van der Waals surface area contributed by atoms with Crippen molar-refractivity contribution in [2.24, 2.45) is 0 Å². The highest BCUT2D eigenvalue weighted by Gasteiger charge is 2.29. The monoisotopic (exact) mass is 240 g/mol. The van der Waals surface area contributed by atoms with E-state index in [4.69, 9.17) is 0 Å². The van der Waals surface area contributed by atoms with Crippen LogP contribution in [0.3, 0.4) is 0 Å². The quantitative estimate of drug-likeness (QED) is 0.737. The summed E-state index contributed by atoms with van der Waals surface area (Å²) >= 11 is 1.61. The molecule has 1 aromatic heterocycles. The van der Waals surface area contributed by atoms with Crippen LogP contribution in [0.25, 0.3) is 0 Å². The summed E-state index contributed by atoms with van der Waals surface area (Å²) in [5, 5.41) is 2.97. The second-order valence-electron chi connectivity index (χ2n) is 3.89. The first-order chi connectivity index (χ1) is 7.74. The molecule has 0 aliphatic heterocycles. The summed E-state index contributed by atoms with van der Waals surface area (Å²) in [5.74, 6) is -0.230. The number of aromatic nitrogens is 1. The maximum absolute atomic E-state index is 11.1. The molecule has 0 amide bonds. The number of carbonyl (C=O) groups is 1. The van der Waals surface area contributed by atoms with Gasteiger partial charge in [-0.2, -0.15) is 0 Å². The third-order valence-electron chi connectivity index (χ3n) is 2.67. The third kappa shape index (κ3) is 2.52. The lowest BCUT2D eigenvalue weighted by molar-refractivity contribution is -0.139. The number of thiazole rings is 1. The van der Waals surface area contributed by atoms with Gasteiger partial charge in [-0.15, -0.1) is 11.3 Å². The predicted molar refractivity (Wildman–Crippen MR) is 63.9 cm³/mol. The van der Waals surface area contributed by atoms with Gasteiger partial charge in [0.2, 0.25) is 0 Å². The summed E-state index contributed by atoms with van der Waals surface area (Å²) < 4.78 is 4.62. The Morgan fingerprint density at radius 2 is 2.44 bits per heavy atom. The van der Waals surface area contributed by atoms with Gasteiger partial charge >= 0.3 is 5.97 Å². The fraction of sp³-hybridized carbons (Fsp3) is 0.636. The highest BCUT2D eigenvalue weighted by atomic mass is 32.1. The molecule has 0 saturated heterocycles. The summed E-state index contributed by atoms with van der Waals surface area (Å²) in [6, 6.07) is 0.669. The average Bonchev–Trinajstić information content (AvgIpc) is 3.01. The summed E-state index contributed by atoms with van der Waals surface area (Å²) in [4.78, 5) is 17.9. The zero-order chi connectivity index (χ0) is 11.5. The third-order valence-corrected chi connectivity index (χ3v) is 3.59. The normalized spacial score (nSPS) is 14.9. The molecular formula is C11H16N2O2S. The zero-order valence-electron chi connectivity index (χ0n) is 9.60. The number of ether oxygens (including phenoxy) is 1. The van der Waals surface area contributed by atoms with Crippen LogP contribution < -0.4 is 4.90 Å². The van der Waals surface area contributed by atoms with Crippen LogP contribution in [-0.4, -0.2) is 30.6 Å². The highest BCUT2D eigenvalue weighted by Crippen LogP contribution is 2.33. The van der Waals surface area contributed by atoms with Crippen molar-refractivity contribution in [3.05, 3.63) is 11.1 Å². The fourth-order valence-corrected chi connectivity index (χ4v) is 2.63. The predicted octanol–water partition coefficient (Wildman–Crippen LogP) is 1.85. The van der Waals surface area contributed by atoms with Crippen LogP contribution in [0.15, 0.2) is 5.38 Å². The van der Waals surface area contributed by atoms with E-state index >= 15 is 0 Å². The minimum Gasteiger partial charge on any atom is -0.469 e. The molecule has 4 nitrogen and oxygen atoms in total. The molecule has 1 aromatic rings. The first-order valence-electron chi connectivity index (χ1n) is 5.52. The standard InChI is InChI=1S/C11H16N2O2S/c1-3-13(9-4-5-9)11-12-8(7-16-11)6-10(14)15-2/h7,9H,3-6H2,1-2H3. The molecule has 1 saturated carbocycles. The fourth-order valence-electron chi connectivity index (χ4n) is 1.67. The highest BCUT2D eigenvalue weighted by molar-refractivity contribution is 7.13. The van der Waals surface area contributed by atoms with Gasteiger partial charge < -0.3 is 9.64 Å². The number of hydrogen-bond acceptors (Lipinski definition) is 5. The van der Waals surface area contributed by atoms with Crippen LogP contribution in [0.4, 0.5) is 5.13 Å². The molecule has 5 heteroatoms. The van der Waals surface area contributed by atoms with Gasteiger partial charge in [0.15, 0.2) is 5.13 Å². The second-order valence-corrected chi connectivity index (χ2v) is 4.73. The molecule has 0 atom stereocenters. The molecule has 0 bridgehead atoms. The lowest BCUT2D eigenvalue weighted by atomic mass is 10.3. The molecule has 16 heavy (non-hydrogen) atoms. The van der Waals surface area contributed by atoms with Crippen molar-refractivity contribution in [2.45, 2.75) is 32.2 Å². The molecule has 1 fully saturated rings. The van der Waals surface area contributed by atoms with Crippen LogP contribution in [0.2, 0.25) is 0 Å². The van der Waals surface area contributed by atoms with Gasteiger partial charge in [-0.05, 0) is 19.8 Å². The second kappa shape index (κ2) is 4.82. The van der Waals surface area contributed by atoms with Crippen molar-refractivity contribution in [1.82, 2.24) is 4.98 Å². The maximum Gasteiger partial charge on any atom is 0.311 e. The van der Waals surface area contributed by atoms with Crippen LogP contribution in [0.5, 0.6) is 0 Å². The van der Waals surface area contributed by atoms with Crippen LogP contribution in [0.1, 0.15) is 25.5 Å². The van der Waals surface area contributed by atoms with Gasteiger partial charge in [-0.1, -0.05) is 0 Å². The van der Waals surface area contributed by atoms with Gasteiger partial charge in [-0.3, -0.25) is 4.79 Å². The van der Waals surface area contributed by atoms with Crippen molar-refractivity contribution in [3.8, 4) is 0 Å². The number of nitrogens with zero attached hydrogens (tertiary/aromatic N) is 2. The molecule has 0 radical (unpaired) electrons. The molecule has 0 unspecified atom stereocenters. The Labute approximate surface area is 99.2 Å². The molecule has 2 rings (SSSR count). The van der Waals surface area contributed by atoms with Crippen molar-refractivity contribution >= 4 is 22.4 Å². The van der Waals surface area contributed by atoms with Crippen molar-refractivity contribution in [3.63, 3.8) is 0 Å². The molecule has 1 aliphatic carbocycles. The lowest BCUT2D eigenvalue weighted by Gasteiger charge is -2.18. The summed E-state index contributed by atoms with van der Waals surface area (Å²) in [6.07, 6.45) is 2.80. The Hall–Kier alpha value is -1.10. The molecule has 0 N–H and O–H groups in total. The van der Waals surface area contributed by atoms with Crippen LogP contribution >= 0.6 is 11.3 Å². The summed E-state index contributed by atoms with van der Waals surface area (Å²) in [6.45, 7) is 3.12. The zero-order valence-corrected chi connectivity index (χ0v) is 10.4. The molecular weight excluding hydrogens is 224 g/mol. The number of methoxy groups -OCH3 is 1. The van der Waals surface area contributed by atoms with Gasteiger partial charge in [0.25, 0.3) is 0 Å². The van der Waals surface area contributed by atoms with Gasteiger partial charge in [0.05, 0.1) is 19.2 Å². The van der Waals surface area contributed by atoms with E-state index in [1.54, 1.807) is 11.3 Å². The van der Waals surface area contributed by atoms with Gasteiger partial charge in [-0.25, -0.2) is 4.98 Å². The van der Waals surface area contributed by atoms with Gasteiger partial charge in [0, 0.05) is 18.0 Å². The Kier molecular flexibility index (Phi) is 3.43. The number of rotatable bonds is 5. The van der Waals surface area contributed by atoms with E-state index in [1.165, 1.54) is 20.0 Å². The smallest absolute Gasteiger partial charge is 0.311 e. The largest absolute Gasteiger partial charge is 0.469 e. The summed E-state index contributed by atoms with van der Waals surface area (Å²) in [5.41, 5.74) is 0.811. The maximum atomic E-state index is 11.1. The Bertz CT molecular complexity index is 374. The molecule has 1 heterocycles. The molecule has 1 aliphatic rings. The molecule has 0 spiro atoms. The van der Waals surface area contributed by atoms with E-state index in [0.717, 1.165) is 17.4 Å². The summed E-state index contributed by atoms with van der Waals surface area (Å²) in [7, 11) is 1.40. The Balaban J connectivity index is 2.03. The van der Waals surface area contributed by atoms with Crippen molar-refractivity contribution < 1.29 is 9.53 Å². The Morgan fingerprint density at radius 1 is 1.69 bits per heavy atom. The van der Waals surface area contributed by atoms with E-state index in [9.17, 15) is 4.79 Å². The first-order valence-corrected chi connectivity index (χ1v) is 6.40. The van der Waals surface area contributed by atoms with E-state index in [2.05, 4.69) is 21.5 Å². The molecule has 88 valence electrons. The average molecular weight is 240 g/mol. The van der Waals surface area contributed by atoms with Crippen molar-refractivity contribution in [1.29, 1.82) is 0 Å². The van der Waals surface area contributed by atoms with E-state index < -0.39 is 0 Å². The SMILES string of the molecule is CCN(c1nc(CC(=O)OC)cs1)C1CC1. The topological polar surface area (TPSA) is 42.4 Å². The number of hydrogen-bond donors (Lipinski definition) is 0. The number of carbonyl (C=O) groups excluding carboxylic acids is 1. The van der Waals surface area contributed by atoms with Gasteiger partial charge in [0.1, 0.15) is 0 Å². The minimum atomic E-state index is -0.230. The first kappa shape index (κ1) is 11.4. The van der Waals surface area contributed by atoms with E-state index in [-0.39, 0.29) is 12.4 Å². The van der Waals surface area contributed by atoms with E-state index in [0.29, 0.717) is 6.04 Å². The van der Waals surface area contributed by atoms with Crippen LogP contribution in [0, 0.1) is 0 Å². The van der Waals surface area contributed by atoms with Crippen molar-refractivity contribution in [2.75, 3.05) is 18.6 Å². The molecule has 0 aromatic carbocycles. The number of esters is 1.